The molecule has 13 heteroatoms. The van der Waals surface area contributed by atoms with Crippen LogP contribution in [0.25, 0.3) is 11.4 Å². The number of hydrogen-bond acceptors (Lipinski definition) is 10. The summed E-state index contributed by atoms with van der Waals surface area (Å²) in [6, 6.07) is 17.5. The molecule has 5 aromatic rings. The summed E-state index contributed by atoms with van der Waals surface area (Å²) < 4.78 is 8.51. The lowest BCUT2D eigenvalue weighted by molar-refractivity contribution is -0.131. The third-order valence-corrected chi connectivity index (χ3v) is 10.7. The van der Waals surface area contributed by atoms with E-state index in [0.717, 1.165) is 33.4 Å². The van der Waals surface area contributed by atoms with Crippen molar-refractivity contribution in [1.82, 2.24) is 34.7 Å². The Morgan fingerprint density at radius 1 is 0.836 bits per heavy atom. The zero-order valence-corrected chi connectivity index (χ0v) is 32.9. The number of fused-ring (bicyclic) bond motifs is 2. The zero-order chi connectivity index (χ0) is 39.8. The number of H-pyrrole nitrogens is 1. The Morgan fingerprint density at radius 3 is 2.05 bits per heavy atom. The number of nitrogens with zero attached hydrogens (tertiary/aromatic N) is 5. The van der Waals surface area contributed by atoms with Crippen LogP contribution in [-0.2, 0) is 34.1 Å². The van der Waals surface area contributed by atoms with Crippen LogP contribution >= 0.6 is 0 Å². The number of anilines is 2. The molecule has 0 radical (unpaired) electrons. The Balaban J connectivity index is 1.45. The number of carbonyl (C=O) groups is 1. The molecule has 1 saturated heterocycles. The van der Waals surface area contributed by atoms with E-state index >= 15 is 0 Å². The Morgan fingerprint density at radius 2 is 1.44 bits per heavy atom. The first-order valence-electron chi connectivity index (χ1n) is 18.5. The Bertz CT molecular complexity index is 2440. The Hall–Kier alpha value is -5.82. The molecule has 286 valence electrons. The number of hydrogen-bond donors (Lipinski definition) is 4. The van der Waals surface area contributed by atoms with Crippen LogP contribution in [0.2, 0.25) is 0 Å². The fourth-order valence-corrected chi connectivity index (χ4v) is 7.41. The van der Waals surface area contributed by atoms with E-state index in [9.17, 15) is 14.4 Å². The van der Waals surface area contributed by atoms with Gasteiger partial charge in [-0.25, -0.2) is 4.79 Å². The molecule has 4 heterocycles. The fraction of sp³-hybridized carbons (Fsp3) is 0.381. The van der Waals surface area contributed by atoms with Gasteiger partial charge in [-0.2, -0.15) is 15.0 Å². The van der Waals surface area contributed by atoms with Crippen LogP contribution in [-0.4, -0.2) is 41.4 Å². The number of amides is 1. The molecule has 55 heavy (non-hydrogen) atoms. The van der Waals surface area contributed by atoms with E-state index in [4.69, 9.17) is 16.2 Å². The van der Waals surface area contributed by atoms with Gasteiger partial charge in [0.2, 0.25) is 17.8 Å². The van der Waals surface area contributed by atoms with Gasteiger partial charge >= 0.3 is 5.69 Å². The van der Waals surface area contributed by atoms with E-state index < -0.39 is 28.9 Å². The first kappa shape index (κ1) is 37.5. The van der Waals surface area contributed by atoms with Crippen molar-refractivity contribution in [1.29, 1.82) is 0 Å². The molecule has 0 unspecified atom stereocenters. The molecule has 0 aliphatic carbocycles. The lowest BCUT2D eigenvalue weighted by atomic mass is 9.70. The molecule has 1 fully saturated rings. The highest BCUT2D eigenvalue weighted by atomic mass is 16.5. The first-order valence-corrected chi connectivity index (χ1v) is 18.5. The van der Waals surface area contributed by atoms with E-state index in [1.807, 2.05) is 36.4 Å². The van der Waals surface area contributed by atoms with E-state index in [1.165, 1.54) is 10.8 Å². The molecule has 0 bridgehead atoms. The van der Waals surface area contributed by atoms with Crippen molar-refractivity contribution in [2.24, 2.45) is 0 Å². The molecule has 2 aliphatic rings. The maximum absolute atomic E-state index is 14.6. The van der Waals surface area contributed by atoms with Gasteiger partial charge in [-0.1, -0.05) is 97.9 Å². The van der Waals surface area contributed by atoms with Crippen LogP contribution in [0, 0.1) is 6.92 Å². The lowest BCUT2D eigenvalue weighted by Gasteiger charge is -2.40. The average Bonchev–Trinajstić information content (AvgIpc) is 3.39. The minimum Gasteiger partial charge on any atom is -0.456 e. The van der Waals surface area contributed by atoms with Crippen LogP contribution < -0.4 is 32.8 Å². The molecular formula is C42H49N9O4. The molecule has 2 aliphatic heterocycles. The molecule has 6 N–H and O–H groups in total. The summed E-state index contributed by atoms with van der Waals surface area (Å²) in [5.74, 6) is 1.26. The summed E-state index contributed by atoms with van der Waals surface area (Å²) in [4.78, 5) is 56.9. The second-order valence-corrected chi connectivity index (χ2v) is 17.2. The van der Waals surface area contributed by atoms with Gasteiger partial charge in [0.1, 0.15) is 23.7 Å². The number of rotatable bonds is 6. The normalized spacial score (nSPS) is 17.8. The number of nitrogens with one attached hydrogen (secondary N) is 2. The van der Waals surface area contributed by atoms with Crippen LogP contribution in [0.3, 0.4) is 0 Å². The molecule has 1 amide bonds. The zero-order valence-electron chi connectivity index (χ0n) is 32.9. The highest BCUT2D eigenvalue weighted by Crippen LogP contribution is 2.55. The van der Waals surface area contributed by atoms with Crippen molar-refractivity contribution in [3.8, 4) is 22.9 Å². The topological polar surface area (TPSA) is 187 Å². The number of aromatic amines is 1. The van der Waals surface area contributed by atoms with Crippen molar-refractivity contribution in [3.63, 3.8) is 0 Å². The number of aryl methyl sites for hydroxylation is 1. The minimum absolute atomic E-state index is 0.00329. The quantitative estimate of drug-likeness (QED) is 0.171. The number of aromatic nitrogens is 5. The maximum Gasteiger partial charge on any atom is 0.328 e. The third-order valence-electron chi connectivity index (χ3n) is 10.7. The van der Waals surface area contributed by atoms with E-state index in [1.54, 1.807) is 11.8 Å². The third kappa shape index (κ3) is 6.88. The standard InChI is InChI=1S/C42H49N9O4/c1-22-19-50(39(54)48-35(22)52)21-30-36(53)51(20-23-13-11-10-12-14-23)34(45-30)27-16-25(41(5,6)7)18-29-32(27)55-31-26(33-46-37(43)49-38(44)47-33)15-24(40(2,3)4)17-28(31)42(29,8)9/h10-19,30,34,45H,20-21H2,1-9H3,(H,48,52,54)(H4,43,44,46,47,49)/t30-,34+/m0/s1. The number of ether oxygens (including phenoxy) is 1. The van der Waals surface area contributed by atoms with E-state index in [2.05, 4.69) is 98.8 Å². The summed E-state index contributed by atoms with van der Waals surface area (Å²) in [6.07, 6.45) is 0.829. The van der Waals surface area contributed by atoms with Crippen LogP contribution in [0.4, 0.5) is 11.9 Å². The average molecular weight is 744 g/mol. The molecule has 0 saturated carbocycles. The fourth-order valence-electron chi connectivity index (χ4n) is 7.41. The lowest BCUT2D eigenvalue weighted by Crippen LogP contribution is -2.40. The second kappa shape index (κ2) is 13.2. The number of nitrogens with two attached hydrogens (primary N) is 2. The summed E-state index contributed by atoms with van der Waals surface area (Å²) in [6.45, 7) is 19.2. The molecule has 0 spiro atoms. The molecule has 2 aromatic heterocycles. The van der Waals surface area contributed by atoms with Gasteiger partial charge in [0.25, 0.3) is 5.56 Å². The van der Waals surface area contributed by atoms with Gasteiger partial charge in [0.05, 0.1) is 12.1 Å². The molecular weight excluding hydrogens is 695 g/mol. The summed E-state index contributed by atoms with van der Waals surface area (Å²) in [7, 11) is 0. The van der Waals surface area contributed by atoms with Gasteiger partial charge in [0, 0.05) is 40.4 Å². The highest BCUT2D eigenvalue weighted by Gasteiger charge is 2.45. The summed E-state index contributed by atoms with van der Waals surface area (Å²) >= 11 is 0. The predicted molar refractivity (Wildman–Crippen MR) is 213 cm³/mol. The van der Waals surface area contributed by atoms with Crippen molar-refractivity contribution in [2.75, 3.05) is 11.5 Å². The van der Waals surface area contributed by atoms with Crippen molar-refractivity contribution < 1.29 is 9.53 Å². The first-order chi connectivity index (χ1) is 25.7. The molecule has 2 atom stereocenters. The molecule has 7 rings (SSSR count). The summed E-state index contributed by atoms with van der Waals surface area (Å²) in [5.41, 5.74) is 16.8. The van der Waals surface area contributed by atoms with Crippen LogP contribution in [0.5, 0.6) is 11.5 Å². The minimum atomic E-state index is -0.796. The number of carbonyl (C=O) groups excluding carboxylic acids is 1. The maximum atomic E-state index is 14.6. The Kier molecular flexibility index (Phi) is 8.99. The van der Waals surface area contributed by atoms with Gasteiger partial charge in [0.15, 0.2) is 5.82 Å². The molecule has 3 aromatic carbocycles. The van der Waals surface area contributed by atoms with Crippen molar-refractivity contribution >= 4 is 17.8 Å². The highest BCUT2D eigenvalue weighted by molar-refractivity contribution is 5.85. The largest absolute Gasteiger partial charge is 0.456 e. The van der Waals surface area contributed by atoms with E-state index in [-0.39, 0.29) is 35.2 Å². The van der Waals surface area contributed by atoms with Gasteiger partial charge in [-0.15, -0.1) is 0 Å². The van der Waals surface area contributed by atoms with Gasteiger partial charge in [-0.05, 0) is 46.6 Å². The SMILES string of the molecule is Cc1cn(C[C@@H]2N[C@@H](c3cc(C(C)(C)C)cc4c3Oc3c(-c5nc(N)nc(N)n5)cc(C(C)(C)C)cc3C4(C)C)N(Cc3ccccc3)C2=O)c(=O)[nH]c1=O. The van der Waals surface area contributed by atoms with Gasteiger partial charge in [-0.3, -0.25) is 24.5 Å². The second-order valence-electron chi connectivity index (χ2n) is 17.2. The van der Waals surface area contributed by atoms with Crippen LogP contribution in [0.15, 0.2) is 70.4 Å². The monoisotopic (exact) mass is 743 g/mol. The predicted octanol–water partition coefficient (Wildman–Crippen LogP) is 5.59. The summed E-state index contributed by atoms with van der Waals surface area (Å²) in [5, 5.41) is 3.59. The number of benzene rings is 3. The van der Waals surface area contributed by atoms with Gasteiger partial charge < -0.3 is 21.1 Å². The molecule has 13 nitrogen and oxygen atoms in total. The van der Waals surface area contributed by atoms with E-state index in [0.29, 0.717) is 35.0 Å². The smallest absolute Gasteiger partial charge is 0.328 e. The van der Waals surface area contributed by atoms with Crippen molar-refractivity contribution in [2.45, 2.75) is 104 Å². The van der Waals surface area contributed by atoms with Crippen molar-refractivity contribution in [3.05, 3.63) is 121 Å². The number of nitrogen functional groups attached to an aromatic ring is 2. The van der Waals surface area contributed by atoms with Crippen LogP contribution in [0.1, 0.15) is 100 Å². The Labute approximate surface area is 320 Å².